The largest absolute Gasteiger partial charge is 0.394 e. The highest BCUT2D eigenvalue weighted by Gasteiger charge is 2.52. The molecule has 13 N–H and O–H groups in total. The molecular formula is C17H32N4O9. The molecule has 10 atom stereocenters. The number of hydrogen-bond acceptors (Lipinski definition) is 12. The van der Waals surface area contributed by atoms with E-state index in [2.05, 4.69) is 5.32 Å². The lowest BCUT2D eigenvalue weighted by molar-refractivity contribution is -0.305. The van der Waals surface area contributed by atoms with Gasteiger partial charge < -0.3 is 62.6 Å². The van der Waals surface area contributed by atoms with Crippen molar-refractivity contribution in [1.82, 2.24) is 5.32 Å². The maximum absolute atomic E-state index is 12.5. The highest BCUT2D eigenvalue weighted by atomic mass is 16.7. The molecule has 0 aromatic carbocycles. The van der Waals surface area contributed by atoms with Gasteiger partial charge in [0.15, 0.2) is 6.29 Å². The fourth-order valence-corrected chi connectivity index (χ4v) is 4.25. The van der Waals surface area contributed by atoms with Gasteiger partial charge in [-0.1, -0.05) is 0 Å². The van der Waals surface area contributed by atoms with E-state index in [1.54, 1.807) is 0 Å². The van der Waals surface area contributed by atoms with Crippen LogP contribution in [0, 0.1) is 0 Å². The molecule has 1 unspecified atom stereocenters. The number of aliphatic hydroxyl groups is 6. The van der Waals surface area contributed by atoms with Gasteiger partial charge in [-0.3, -0.25) is 4.79 Å². The lowest BCUT2D eigenvalue weighted by atomic mass is 9.75. The summed E-state index contributed by atoms with van der Waals surface area (Å²) < 4.78 is 11.0. The number of rotatable bonds is 5. The Bertz CT molecular complexity index is 620. The highest BCUT2D eigenvalue weighted by molar-refractivity contribution is 5.86. The van der Waals surface area contributed by atoms with E-state index in [0.717, 1.165) is 0 Å². The summed E-state index contributed by atoms with van der Waals surface area (Å²) in [5.41, 5.74) is 15.6. The molecule has 13 nitrogen and oxygen atoms in total. The van der Waals surface area contributed by atoms with Crippen LogP contribution in [0.5, 0.6) is 0 Å². The molecule has 1 heterocycles. The second-order valence-electron chi connectivity index (χ2n) is 8.55. The smallest absolute Gasteiger partial charge is 0.252 e. The second kappa shape index (κ2) is 8.88. The molecule has 3 fully saturated rings. The average molecular weight is 436 g/mol. The molecule has 0 radical (unpaired) electrons. The number of carbonyl (C=O) groups is 1. The Morgan fingerprint density at radius 1 is 1.07 bits per heavy atom. The molecule has 13 heteroatoms. The first kappa shape index (κ1) is 23.7. The molecule has 3 rings (SSSR count). The van der Waals surface area contributed by atoms with E-state index in [1.807, 2.05) is 0 Å². The van der Waals surface area contributed by atoms with Gasteiger partial charge in [0.2, 0.25) is 0 Å². The minimum atomic E-state index is -1.65. The number of aliphatic hydroxyl groups excluding tert-OH is 5. The summed E-state index contributed by atoms with van der Waals surface area (Å²) in [6, 6.07) is -3.35. The molecule has 0 aromatic rings. The third-order valence-electron chi connectivity index (χ3n) is 6.22. The van der Waals surface area contributed by atoms with Crippen molar-refractivity contribution in [3.05, 3.63) is 0 Å². The molecular weight excluding hydrogens is 404 g/mol. The SMILES string of the molecule is NC1CC(O)(C(=O)N[C@@H]2C[C@H](N)C(O)[C@H](O)[C@H]2O[C@H]2O[C@H](CO)[C@@H](O)[C@H](N)[C@H]2O)C1. The predicted octanol–water partition coefficient (Wildman–Crippen LogP) is -6.07. The number of nitrogens with one attached hydrogen (secondary N) is 1. The van der Waals surface area contributed by atoms with Crippen LogP contribution in [0.25, 0.3) is 0 Å². The minimum absolute atomic E-state index is 0.00229. The predicted molar refractivity (Wildman–Crippen MR) is 99.3 cm³/mol. The van der Waals surface area contributed by atoms with Crippen molar-refractivity contribution >= 4 is 5.91 Å². The number of carbonyl (C=O) groups excluding carboxylic acids is 1. The van der Waals surface area contributed by atoms with Gasteiger partial charge >= 0.3 is 0 Å². The molecule has 174 valence electrons. The Labute approximate surface area is 172 Å². The van der Waals surface area contributed by atoms with Crippen LogP contribution in [0.1, 0.15) is 19.3 Å². The van der Waals surface area contributed by atoms with Crippen molar-refractivity contribution < 1.29 is 44.9 Å². The molecule has 1 saturated heterocycles. The average Bonchev–Trinajstić information content (AvgIpc) is 2.67. The molecule has 3 aliphatic rings. The van der Waals surface area contributed by atoms with Crippen LogP contribution in [-0.2, 0) is 14.3 Å². The van der Waals surface area contributed by atoms with Crippen LogP contribution >= 0.6 is 0 Å². The number of nitrogens with two attached hydrogens (primary N) is 3. The van der Waals surface area contributed by atoms with Gasteiger partial charge in [-0.05, 0) is 6.42 Å². The van der Waals surface area contributed by atoms with Crippen molar-refractivity contribution in [2.75, 3.05) is 6.61 Å². The van der Waals surface area contributed by atoms with Gasteiger partial charge in [0, 0.05) is 24.9 Å². The lowest BCUT2D eigenvalue weighted by Gasteiger charge is -2.47. The van der Waals surface area contributed by atoms with Gasteiger partial charge in [0.25, 0.3) is 5.91 Å². The normalized spacial score (nSPS) is 51.8. The monoisotopic (exact) mass is 436 g/mol. The van der Waals surface area contributed by atoms with Crippen LogP contribution in [0.2, 0.25) is 0 Å². The Balaban J connectivity index is 1.75. The summed E-state index contributed by atoms with van der Waals surface area (Å²) in [6.45, 7) is -0.602. The Hall–Kier alpha value is -0.970. The minimum Gasteiger partial charge on any atom is -0.394 e. The third kappa shape index (κ3) is 4.33. The van der Waals surface area contributed by atoms with E-state index >= 15 is 0 Å². The number of hydrogen-bond donors (Lipinski definition) is 10. The zero-order valence-corrected chi connectivity index (χ0v) is 16.3. The first-order valence-corrected chi connectivity index (χ1v) is 9.92. The molecule has 0 bridgehead atoms. The van der Waals surface area contributed by atoms with Crippen LogP contribution < -0.4 is 22.5 Å². The molecule has 1 aliphatic heterocycles. The fraction of sp³-hybridized carbons (Fsp3) is 0.941. The summed E-state index contributed by atoms with van der Waals surface area (Å²) in [5, 5.41) is 63.2. The van der Waals surface area contributed by atoms with Gasteiger partial charge in [0.05, 0.1) is 24.8 Å². The quantitative estimate of drug-likeness (QED) is 0.193. The first-order chi connectivity index (χ1) is 14.0. The summed E-state index contributed by atoms with van der Waals surface area (Å²) in [7, 11) is 0. The van der Waals surface area contributed by atoms with E-state index in [1.165, 1.54) is 0 Å². The zero-order valence-electron chi connectivity index (χ0n) is 16.3. The molecule has 0 spiro atoms. The Morgan fingerprint density at radius 3 is 2.27 bits per heavy atom. The molecule has 2 saturated carbocycles. The summed E-state index contributed by atoms with van der Waals surface area (Å²) in [4.78, 5) is 12.5. The summed E-state index contributed by atoms with van der Waals surface area (Å²) >= 11 is 0. The van der Waals surface area contributed by atoms with Crippen LogP contribution in [0.4, 0.5) is 0 Å². The van der Waals surface area contributed by atoms with Crippen LogP contribution in [0.15, 0.2) is 0 Å². The number of amides is 1. The van der Waals surface area contributed by atoms with Gasteiger partial charge in [-0.25, -0.2) is 0 Å². The molecule has 1 amide bonds. The van der Waals surface area contributed by atoms with Crippen LogP contribution in [-0.4, -0.2) is 116 Å². The maximum Gasteiger partial charge on any atom is 0.252 e. The summed E-state index contributed by atoms with van der Waals surface area (Å²) in [5.74, 6) is -0.718. The van der Waals surface area contributed by atoms with Crippen molar-refractivity contribution in [2.24, 2.45) is 17.2 Å². The summed E-state index contributed by atoms with van der Waals surface area (Å²) in [6.07, 6.45) is -9.60. The number of ether oxygens (including phenoxy) is 2. The van der Waals surface area contributed by atoms with E-state index < -0.39 is 79.2 Å². The fourth-order valence-electron chi connectivity index (χ4n) is 4.25. The van der Waals surface area contributed by atoms with Gasteiger partial charge in [-0.2, -0.15) is 0 Å². The second-order valence-corrected chi connectivity index (χ2v) is 8.55. The maximum atomic E-state index is 12.5. The van der Waals surface area contributed by atoms with Crippen molar-refractivity contribution in [1.29, 1.82) is 0 Å². The standard InChI is InChI=1S/C17H32N4O9/c18-5-2-17(28,3-5)16(27)21-7-1-6(19)10(23)13(26)14(7)30-15-12(25)9(20)11(24)8(4-22)29-15/h5-15,22-26,28H,1-4,18-20H2,(H,21,27)/t5?,6-,7+,8+,9-,10?,11+,12+,13-,14-,15+,17?/m0/s1. The Kier molecular flexibility index (Phi) is 7.01. The van der Waals surface area contributed by atoms with Crippen molar-refractivity contribution in [2.45, 2.75) is 91.9 Å². The van der Waals surface area contributed by atoms with E-state index in [0.29, 0.717) is 0 Å². The zero-order chi connectivity index (χ0) is 22.4. The Morgan fingerprint density at radius 2 is 1.70 bits per heavy atom. The van der Waals surface area contributed by atoms with E-state index in [-0.39, 0.29) is 25.3 Å². The van der Waals surface area contributed by atoms with E-state index in [9.17, 15) is 35.4 Å². The molecule has 2 aliphatic carbocycles. The third-order valence-corrected chi connectivity index (χ3v) is 6.22. The highest BCUT2D eigenvalue weighted by Crippen LogP contribution is 2.33. The van der Waals surface area contributed by atoms with Gasteiger partial charge in [-0.15, -0.1) is 0 Å². The molecule has 0 aromatic heterocycles. The van der Waals surface area contributed by atoms with Crippen LogP contribution in [0.3, 0.4) is 0 Å². The van der Waals surface area contributed by atoms with E-state index in [4.69, 9.17) is 26.7 Å². The lowest BCUT2D eigenvalue weighted by Crippen LogP contribution is -2.69. The van der Waals surface area contributed by atoms with Crippen molar-refractivity contribution in [3.63, 3.8) is 0 Å². The first-order valence-electron chi connectivity index (χ1n) is 9.92. The van der Waals surface area contributed by atoms with Gasteiger partial charge in [0.1, 0.15) is 36.1 Å². The topological polar surface area (TPSA) is 247 Å². The van der Waals surface area contributed by atoms with Crippen molar-refractivity contribution in [3.8, 4) is 0 Å². The molecule has 30 heavy (non-hydrogen) atoms.